The Labute approximate surface area is 112 Å². The first kappa shape index (κ1) is 12.1. The number of thioether (sulfide) groups is 1. The number of hydrogen-bond acceptors (Lipinski definition) is 3. The first-order valence-electron chi connectivity index (χ1n) is 6.50. The maximum absolute atomic E-state index is 11.6. The molecule has 0 radical (unpaired) electrons. The van der Waals surface area contributed by atoms with Gasteiger partial charge in [-0.05, 0) is 25.0 Å². The van der Waals surface area contributed by atoms with Crippen molar-refractivity contribution in [2.45, 2.75) is 29.5 Å². The molecule has 0 spiro atoms. The summed E-state index contributed by atoms with van der Waals surface area (Å²) in [7, 11) is 0. The van der Waals surface area contributed by atoms with Crippen LogP contribution in [-0.2, 0) is 11.2 Å². The second kappa shape index (κ2) is 4.94. The van der Waals surface area contributed by atoms with E-state index in [0.717, 1.165) is 26.1 Å². The minimum Gasteiger partial charge on any atom is -0.353 e. The number of nitrogens with one attached hydrogen (secondary N) is 1. The van der Waals surface area contributed by atoms with Gasteiger partial charge in [0.05, 0.1) is 6.04 Å². The Kier molecular flexibility index (Phi) is 3.31. The zero-order chi connectivity index (χ0) is 12.5. The maximum Gasteiger partial charge on any atom is 0.237 e. The van der Waals surface area contributed by atoms with Crippen LogP contribution in [0.15, 0.2) is 29.2 Å². The van der Waals surface area contributed by atoms with Crippen LogP contribution in [0.1, 0.15) is 12.5 Å². The molecule has 1 aromatic rings. The van der Waals surface area contributed by atoms with E-state index in [1.807, 2.05) is 18.7 Å². The van der Waals surface area contributed by atoms with Gasteiger partial charge in [0.25, 0.3) is 0 Å². The van der Waals surface area contributed by atoms with Gasteiger partial charge < -0.3 is 5.32 Å². The van der Waals surface area contributed by atoms with Crippen LogP contribution < -0.4 is 5.32 Å². The van der Waals surface area contributed by atoms with E-state index in [1.165, 1.54) is 10.5 Å². The summed E-state index contributed by atoms with van der Waals surface area (Å²) < 4.78 is 0. The molecule has 1 saturated heterocycles. The quantitative estimate of drug-likeness (QED) is 0.877. The summed E-state index contributed by atoms with van der Waals surface area (Å²) in [5, 5.41) is 3.51. The number of carbonyl (C=O) groups excluding carboxylic acids is 1. The lowest BCUT2D eigenvalue weighted by atomic mass is 10.1. The van der Waals surface area contributed by atoms with Gasteiger partial charge in [-0.25, -0.2) is 0 Å². The van der Waals surface area contributed by atoms with Gasteiger partial charge in [0.1, 0.15) is 0 Å². The predicted molar refractivity (Wildman–Crippen MR) is 73.8 cm³/mol. The van der Waals surface area contributed by atoms with Crippen LogP contribution in [0.3, 0.4) is 0 Å². The normalized spacial score (nSPS) is 27.9. The van der Waals surface area contributed by atoms with Crippen LogP contribution in [0.2, 0.25) is 0 Å². The van der Waals surface area contributed by atoms with Crippen LogP contribution in [-0.4, -0.2) is 41.7 Å². The molecule has 3 nitrogen and oxygen atoms in total. The summed E-state index contributed by atoms with van der Waals surface area (Å²) in [6.07, 6.45) is 1.13. The molecule has 0 aliphatic carbocycles. The van der Waals surface area contributed by atoms with E-state index in [9.17, 15) is 4.79 Å². The monoisotopic (exact) mass is 262 g/mol. The van der Waals surface area contributed by atoms with Crippen molar-refractivity contribution in [1.82, 2.24) is 10.2 Å². The molecule has 4 heteroatoms. The lowest BCUT2D eigenvalue weighted by Gasteiger charge is -2.34. The van der Waals surface area contributed by atoms with Crippen LogP contribution in [0, 0.1) is 0 Å². The number of amides is 1. The van der Waals surface area contributed by atoms with Crippen molar-refractivity contribution in [3.8, 4) is 0 Å². The molecule has 3 rings (SSSR count). The molecule has 2 unspecified atom stereocenters. The molecule has 2 aliphatic heterocycles. The molecule has 2 atom stereocenters. The highest BCUT2D eigenvalue weighted by Gasteiger charge is 2.30. The number of nitrogens with zero attached hydrogens (tertiary/aromatic N) is 1. The largest absolute Gasteiger partial charge is 0.353 e. The van der Waals surface area contributed by atoms with Gasteiger partial charge in [0.15, 0.2) is 0 Å². The third-order valence-electron chi connectivity index (χ3n) is 3.78. The van der Waals surface area contributed by atoms with Crippen molar-refractivity contribution in [3.05, 3.63) is 29.8 Å². The fourth-order valence-corrected chi connectivity index (χ4v) is 4.04. The zero-order valence-corrected chi connectivity index (χ0v) is 11.4. The summed E-state index contributed by atoms with van der Waals surface area (Å²) in [5.41, 5.74) is 1.46. The summed E-state index contributed by atoms with van der Waals surface area (Å²) in [6.45, 7) is 4.77. The molecule has 1 N–H and O–H groups in total. The lowest BCUT2D eigenvalue weighted by Crippen LogP contribution is -2.55. The molecule has 0 saturated carbocycles. The van der Waals surface area contributed by atoms with Crippen molar-refractivity contribution >= 4 is 17.7 Å². The van der Waals surface area contributed by atoms with Crippen LogP contribution >= 0.6 is 11.8 Å². The minimum atomic E-state index is 0.0167. The van der Waals surface area contributed by atoms with Gasteiger partial charge in [-0.3, -0.25) is 9.69 Å². The van der Waals surface area contributed by atoms with Gasteiger partial charge in [0.2, 0.25) is 5.91 Å². The van der Waals surface area contributed by atoms with E-state index in [-0.39, 0.29) is 11.9 Å². The molecule has 2 aliphatic rings. The van der Waals surface area contributed by atoms with Crippen LogP contribution in [0.25, 0.3) is 0 Å². The summed E-state index contributed by atoms with van der Waals surface area (Å²) in [6, 6.07) is 8.65. The van der Waals surface area contributed by atoms with Crippen LogP contribution in [0.5, 0.6) is 0 Å². The molecule has 1 fully saturated rings. The second-order valence-electron chi connectivity index (χ2n) is 5.01. The maximum atomic E-state index is 11.6. The average Bonchev–Trinajstić information content (AvgIpc) is 2.77. The van der Waals surface area contributed by atoms with E-state index in [0.29, 0.717) is 5.25 Å². The average molecular weight is 262 g/mol. The highest BCUT2D eigenvalue weighted by molar-refractivity contribution is 8.00. The van der Waals surface area contributed by atoms with E-state index >= 15 is 0 Å². The second-order valence-corrected chi connectivity index (χ2v) is 6.36. The molecule has 1 amide bonds. The van der Waals surface area contributed by atoms with Gasteiger partial charge in [0, 0.05) is 29.8 Å². The SMILES string of the molecule is CC1C(=O)NCCN1CC1Cc2ccccc2S1. The minimum absolute atomic E-state index is 0.0167. The Balaban J connectivity index is 1.64. The summed E-state index contributed by atoms with van der Waals surface area (Å²) in [5.74, 6) is 0.168. The first-order chi connectivity index (χ1) is 8.74. The lowest BCUT2D eigenvalue weighted by molar-refractivity contribution is -0.128. The highest BCUT2D eigenvalue weighted by atomic mass is 32.2. The van der Waals surface area contributed by atoms with Gasteiger partial charge in [-0.1, -0.05) is 18.2 Å². The number of piperazine rings is 1. The Morgan fingerprint density at radius 1 is 1.44 bits per heavy atom. The third-order valence-corrected chi connectivity index (χ3v) is 5.08. The molecule has 0 aromatic heterocycles. The molecule has 0 bridgehead atoms. The molecular formula is C14H18N2OS. The van der Waals surface area contributed by atoms with Gasteiger partial charge >= 0.3 is 0 Å². The first-order valence-corrected chi connectivity index (χ1v) is 7.38. The Bertz CT molecular complexity index is 438. The van der Waals surface area contributed by atoms with Gasteiger partial charge in [-0.2, -0.15) is 0 Å². The molecule has 96 valence electrons. The van der Waals surface area contributed by atoms with Gasteiger partial charge in [-0.15, -0.1) is 11.8 Å². The van der Waals surface area contributed by atoms with Crippen molar-refractivity contribution in [2.24, 2.45) is 0 Å². The van der Waals surface area contributed by atoms with Crippen molar-refractivity contribution < 1.29 is 4.79 Å². The predicted octanol–water partition coefficient (Wildman–Crippen LogP) is 1.52. The van der Waals surface area contributed by atoms with Crippen LogP contribution in [0.4, 0.5) is 0 Å². The van der Waals surface area contributed by atoms with E-state index < -0.39 is 0 Å². The van der Waals surface area contributed by atoms with E-state index in [4.69, 9.17) is 0 Å². The Hall–Kier alpha value is -1.00. The number of fused-ring (bicyclic) bond motifs is 1. The number of hydrogen-bond donors (Lipinski definition) is 1. The molecule has 1 aromatic carbocycles. The van der Waals surface area contributed by atoms with E-state index in [1.54, 1.807) is 0 Å². The number of carbonyl (C=O) groups is 1. The zero-order valence-electron chi connectivity index (χ0n) is 10.6. The third kappa shape index (κ3) is 2.27. The fraction of sp³-hybridized carbons (Fsp3) is 0.500. The topological polar surface area (TPSA) is 32.3 Å². The molecular weight excluding hydrogens is 244 g/mol. The standard InChI is InChI=1S/C14H18N2OS/c1-10-14(17)15-6-7-16(10)9-12-8-11-4-2-3-5-13(11)18-12/h2-5,10,12H,6-9H2,1H3,(H,15,17). The highest BCUT2D eigenvalue weighted by Crippen LogP contribution is 2.37. The Morgan fingerprint density at radius 3 is 3.11 bits per heavy atom. The van der Waals surface area contributed by atoms with Crippen molar-refractivity contribution in [2.75, 3.05) is 19.6 Å². The van der Waals surface area contributed by atoms with Crippen molar-refractivity contribution in [1.29, 1.82) is 0 Å². The van der Waals surface area contributed by atoms with E-state index in [2.05, 4.69) is 34.5 Å². The molecule has 18 heavy (non-hydrogen) atoms. The fourth-order valence-electron chi connectivity index (χ4n) is 2.70. The summed E-state index contributed by atoms with van der Waals surface area (Å²) in [4.78, 5) is 15.4. The molecule has 2 heterocycles. The summed E-state index contributed by atoms with van der Waals surface area (Å²) >= 11 is 1.96. The van der Waals surface area contributed by atoms with Crippen molar-refractivity contribution in [3.63, 3.8) is 0 Å². The Morgan fingerprint density at radius 2 is 2.28 bits per heavy atom. The smallest absolute Gasteiger partial charge is 0.237 e. The number of benzene rings is 1. The number of rotatable bonds is 2.